The SMILES string of the molecule is c1ccc2c(c1)oc1ccc3c(c4ccccc4c4nccn34)c12. The highest BCUT2D eigenvalue weighted by molar-refractivity contribution is 6.27. The Balaban J connectivity index is 2.07. The molecule has 0 bridgehead atoms. The second-order valence-corrected chi connectivity index (χ2v) is 6.10. The zero-order chi connectivity index (χ0) is 15.7. The normalized spacial score (nSPS) is 12.2. The van der Waals surface area contributed by atoms with Gasteiger partial charge in [0.2, 0.25) is 0 Å². The van der Waals surface area contributed by atoms with Crippen molar-refractivity contribution in [3.05, 3.63) is 73.1 Å². The van der Waals surface area contributed by atoms with Crippen LogP contribution < -0.4 is 0 Å². The Kier molecular flexibility index (Phi) is 2.10. The second-order valence-electron chi connectivity index (χ2n) is 6.10. The van der Waals surface area contributed by atoms with Crippen molar-refractivity contribution in [2.75, 3.05) is 0 Å². The van der Waals surface area contributed by atoms with Crippen LogP contribution in [0.4, 0.5) is 0 Å². The molecule has 0 saturated carbocycles. The average molecular weight is 308 g/mol. The fourth-order valence-corrected chi connectivity index (χ4v) is 3.87. The third-order valence-electron chi connectivity index (χ3n) is 4.86. The third-order valence-corrected chi connectivity index (χ3v) is 4.86. The largest absolute Gasteiger partial charge is 0.456 e. The van der Waals surface area contributed by atoms with E-state index in [9.17, 15) is 0 Å². The summed E-state index contributed by atoms with van der Waals surface area (Å²) in [6.45, 7) is 0. The van der Waals surface area contributed by atoms with Crippen molar-refractivity contribution in [2.24, 2.45) is 0 Å². The molecule has 0 aliphatic heterocycles. The Morgan fingerprint density at radius 2 is 1.50 bits per heavy atom. The Hall–Kier alpha value is -3.33. The summed E-state index contributed by atoms with van der Waals surface area (Å²) in [5.74, 6) is 0. The summed E-state index contributed by atoms with van der Waals surface area (Å²) in [4.78, 5) is 4.57. The summed E-state index contributed by atoms with van der Waals surface area (Å²) < 4.78 is 8.24. The van der Waals surface area contributed by atoms with Crippen LogP contribution in [0.1, 0.15) is 0 Å². The van der Waals surface area contributed by atoms with E-state index in [1.807, 2.05) is 24.5 Å². The van der Waals surface area contributed by atoms with E-state index in [4.69, 9.17) is 4.42 Å². The number of nitrogens with zero attached hydrogens (tertiary/aromatic N) is 2. The van der Waals surface area contributed by atoms with Crippen molar-refractivity contribution in [1.29, 1.82) is 0 Å². The Morgan fingerprint density at radius 1 is 0.708 bits per heavy atom. The number of pyridine rings is 1. The summed E-state index contributed by atoms with van der Waals surface area (Å²) in [5, 5.41) is 5.92. The summed E-state index contributed by atoms with van der Waals surface area (Å²) >= 11 is 0. The topological polar surface area (TPSA) is 30.4 Å². The first-order valence-electron chi connectivity index (χ1n) is 7.99. The highest BCUT2D eigenvalue weighted by Crippen LogP contribution is 2.38. The molecular weight excluding hydrogens is 296 g/mol. The molecule has 3 nitrogen and oxygen atoms in total. The molecule has 0 saturated heterocycles. The predicted octanol–water partition coefficient (Wildman–Crippen LogP) is 5.54. The van der Waals surface area contributed by atoms with Crippen LogP contribution in [0.5, 0.6) is 0 Å². The van der Waals surface area contributed by atoms with E-state index in [-0.39, 0.29) is 0 Å². The molecule has 0 fully saturated rings. The van der Waals surface area contributed by atoms with Gasteiger partial charge < -0.3 is 4.42 Å². The van der Waals surface area contributed by atoms with Crippen LogP contribution in [-0.2, 0) is 0 Å². The third kappa shape index (κ3) is 1.35. The molecule has 3 heteroatoms. The van der Waals surface area contributed by atoms with Crippen LogP contribution in [0.25, 0.3) is 49.3 Å². The molecule has 0 spiro atoms. The monoisotopic (exact) mass is 308 g/mol. The molecule has 24 heavy (non-hydrogen) atoms. The van der Waals surface area contributed by atoms with Crippen molar-refractivity contribution in [3.63, 3.8) is 0 Å². The second kappa shape index (κ2) is 4.15. The fourth-order valence-electron chi connectivity index (χ4n) is 3.87. The Labute approximate surface area is 136 Å². The lowest BCUT2D eigenvalue weighted by atomic mass is 10.0. The maximum absolute atomic E-state index is 6.08. The first-order chi connectivity index (χ1) is 11.9. The van der Waals surface area contributed by atoms with Crippen LogP contribution in [0.15, 0.2) is 77.5 Å². The van der Waals surface area contributed by atoms with Gasteiger partial charge in [0.15, 0.2) is 0 Å². The van der Waals surface area contributed by atoms with Crippen LogP contribution in [0.3, 0.4) is 0 Å². The van der Waals surface area contributed by atoms with Gasteiger partial charge >= 0.3 is 0 Å². The number of furan rings is 1. The minimum atomic E-state index is 0.924. The van der Waals surface area contributed by atoms with Gasteiger partial charge in [0, 0.05) is 33.9 Å². The molecule has 0 radical (unpaired) electrons. The highest BCUT2D eigenvalue weighted by atomic mass is 16.3. The first-order valence-corrected chi connectivity index (χ1v) is 7.99. The highest BCUT2D eigenvalue weighted by Gasteiger charge is 2.15. The van der Waals surface area contributed by atoms with E-state index in [1.54, 1.807) is 0 Å². The molecule has 0 unspecified atom stereocenters. The van der Waals surface area contributed by atoms with Gasteiger partial charge in [-0.15, -0.1) is 0 Å². The van der Waals surface area contributed by atoms with E-state index in [0.717, 1.165) is 33.1 Å². The molecule has 0 N–H and O–H groups in total. The van der Waals surface area contributed by atoms with Gasteiger partial charge in [0.05, 0.1) is 5.52 Å². The quantitative estimate of drug-likeness (QED) is 0.345. The lowest BCUT2D eigenvalue weighted by Crippen LogP contribution is -1.90. The van der Waals surface area contributed by atoms with Gasteiger partial charge in [0.25, 0.3) is 0 Å². The Bertz CT molecular complexity index is 1410. The van der Waals surface area contributed by atoms with Crippen molar-refractivity contribution in [3.8, 4) is 0 Å². The van der Waals surface area contributed by atoms with Crippen molar-refractivity contribution in [1.82, 2.24) is 9.38 Å². The van der Waals surface area contributed by atoms with E-state index in [2.05, 4.69) is 57.9 Å². The molecular formula is C21H12N2O. The maximum atomic E-state index is 6.08. The van der Waals surface area contributed by atoms with E-state index >= 15 is 0 Å². The average Bonchev–Trinajstić information content (AvgIpc) is 3.26. The zero-order valence-corrected chi connectivity index (χ0v) is 12.7. The molecule has 6 aromatic rings. The van der Waals surface area contributed by atoms with Gasteiger partial charge in [0.1, 0.15) is 16.8 Å². The smallest absolute Gasteiger partial charge is 0.145 e. The molecule has 0 amide bonds. The van der Waals surface area contributed by atoms with Crippen LogP contribution >= 0.6 is 0 Å². The van der Waals surface area contributed by atoms with E-state index in [1.165, 1.54) is 16.2 Å². The molecule has 3 heterocycles. The minimum Gasteiger partial charge on any atom is -0.456 e. The molecule has 6 rings (SSSR count). The standard InChI is InChI=1S/C21H12N2O/c1-2-6-14-13(5-1)19-16(23-12-11-22-21(14)23)9-10-18-20(19)15-7-3-4-8-17(15)24-18/h1-12H. The molecule has 3 aromatic heterocycles. The van der Waals surface area contributed by atoms with Crippen molar-refractivity contribution < 1.29 is 4.42 Å². The van der Waals surface area contributed by atoms with Crippen molar-refractivity contribution >= 4 is 49.3 Å². The number of hydrogen-bond donors (Lipinski definition) is 0. The molecule has 0 aliphatic carbocycles. The number of fused-ring (bicyclic) bond motifs is 10. The molecule has 0 aliphatic rings. The number of hydrogen-bond acceptors (Lipinski definition) is 2. The number of aromatic nitrogens is 2. The summed E-state index contributed by atoms with van der Waals surface area (Å²) in [6, 6.07) is 20.9. The number of rotatable bonds is 0. The van der Waals surface area contributed by atoms with Crippen LogP contribution in [0, 0.1) is 0 Å². The summed E-state index contributed by atoms with van der Waals surface area (Å²) in [6.07, 6.45) is 3.89. The van der Waals surface area contributed by atoms with Crippen LogP contribution in [-0.4, -0.2) is 9.38 Å². The first kappa shape index (κ1) is 12.1. The number of benzene rings is 3. The van der Waals surface area contributed by atoms with E-state index < -0.39 is 0 Å². The number of para-hydroxylation sites is 1. The fraction of sp³-hybridized carbons (Fsp3) is 0. The van der Waals surface area contributed by atoms with Crippen molar-refractivity contribution in [2.45, 2.75) is 0 Å². The van der Waals surface area contributed by atoms with Gasteiger partial charge in [-0.25, -0.2) is 4.98 Å². The minimum absolute atomic E-state index is 0.924. The number of imidazole rings is 1. The molecule has 0 atom stereocenters. The predicted molar refractivity (Wildman–Crippen MR) is 97.5 cm³/mol. The summed E-state index contributed by atoms with van der Waals surface area (Å²) in [5.41, 5.74) is 3.99. The molecule has 3 aromatic carbocycles. The van der Waals surface area contributed by atoms with Gasteiger partial charge in [-0.1, -0.05) is 42.5 Å². The Morgan fingerprint density at radius 3 is 2.42 bits per heavy atom. The zero-order valence-electron chi connectivity index (χ0n) is 12.7. The lowest BCUT2D eigenvalue weighted by molar-refractivity contribution is 0.669. The maximum Gasteiger partial charge on any atom is 0.145 e. The summed E-state index contributed by atoms with van der Waals surface area (Å²) in [7, 11) is 0. The van der Waals surface area contributed by atoms with Gasteiger partial charge in [-0.3, -0.25) is 4.40 Å². The molecule has 112 valence electrons. The van der Waals surface area contributed by atoms with Crippen LogP contribution in [0.2, 0.25) is 0 Å². The van der Waals surface area contributed by atoms with Gasteiger partial charge in [-0.05, 0) is 23.6 Å². The lowest BCUT2D eigenvalue weighted by Gasteiger charge is -2.09. The van der Waals surface area contributed by atoms with Gasteiger partial charge in [-0.2, -0.15) is 0 Å². The van der Waals surface area contributed by atoms with E-state index in [0.29, 0.717) is 0 Å².